The lowest BCUT2D eigenvalue weighted by Gasteiger charge is -2.71. The van der Waals surface area contributed by atoms with Gasteiger partial charge in [-0.2, -0.15) is 0 Å². The highest BCUT2D eigenvalue weighted by atomic mass is 16.4. The Kier molecular flexibility index (Phi) is 5.73. The number of carboxylic acid groups (broad SMARTS) is 1. The van der Waals surface area contributed by atoms with Crippen molar-refractivity contribution >= 4 is 5.97 Å². The molecule has 4 unspecified atom stereocenters. The molecule has 5 aliphatic carbocycles. The lowest BCUT2D eigenvalue weighted by atomic mass is 9.33. The lowest BCUT2D eigenvalue weighted by Crippen LogP contribution is -2.68. The van der Waals surface area contributed by atoms with E-state index < -0.39 is 29.0 Å². The SMILES string of the molecule is C[C@H]1[C@H](C)CC[C@]2(C(=O)O)CC[C@]3(C)C(=CC[C@@H]4[C@@]5(C)CC(O)C(O)C(C)(CO)C5CC[C@]43C)[C@H]12. The average molecular weight is 489 g/mol. The molecule has 0 aliphatic heterocycles. The second-order valence-corrected chi connectivity index (χ2v) is 14.5. The van der Waals surface area contributed by atoms with Gasteiger partial charge in [0.15, 0.2) is 0 Å². The van der Waals surface area contributed by atoms with Crippen LogP contribution in [-0.4, -0.2) is 45.2 Å². The fourth-order valence-corrected chi connectivity index (χ4v) is 11.0. The minimum Gasteiger partial charge on any atom is -0.481 e. The molecule has 5 aliphatic rings. The van der Waals surface area contributed by atoms with Crippen molar-refractivity contribution in [3.63, 3.8) is 0 Å². The predicted octanol–water partition coefficient (Wildman–Crippen LogP) is 5.03. The molecule has 0 heterocycles. The lowest BCUT2D eigenvalue weighted by molar-refractivity contribution is -0.244. The molecule has 5 heteroatoms. The van der Waals surface area contributed by atoms with Crippen molar-refractivity contribution in [2.24, 2.45) is 56.7 Å². The molecular formula is C30H48O5. The monoisotopic (exact) mass is 488 g/mol. The summed E-state index contributed by atoms with van der Waals surface area (Å²) in [5.41, 5.74) is -0.214. The Balaban J connectivity index is 1.62. The molecule has 0 bridgehead atoms. The number of carboxylic acids is 1. The van der Waals surface area contributed by atoms with Crippen molar-refractivity contribution in [3.05, 3.63) is 11.6 Å². The zero-order chi connectivity index (χ0) is 25.8. The average Bonchev–Trinajstić information content (AvgIpc) is 2.80. The standard InChI is InChI=1S/C30H48O5/c1-17-9-12-30(25(34)35)14-13-28(5)19(23(30)18(17)2)7-8-22-26(3)15-20(32)24(33)27(4,16-31)21(26)10-11-29(22,28)6/h7,17-18,20-24,31-33H,8-16H2,1-6H3,(H,34,35)/t17-,18+,20?,21?,22-,23+,24?,26+,27?,28-,29-,30+/m1/s1. The first kappa shape index (κ1) is 25.7. The maximum atomic E-state index is 12.8. The fourth-order valence-electron chi connectivity index (χ4n) is 11.0. The van der Waals surface area contributed by atoms with E-state index in [0.717, 1.165) is 44.9 Å². The van der Waals surface area contributed by atoms with Crippen LogP contribution in [0.3, 0.4) is 0 Å². The van der Waals surface area contributed by atoms with Crippen LogP contribution in [0, 0.1) is 56.7 Å². The number of allylic oxidation sites excluding steroid dienone is 2. The van der Waals surface area contributed by atoms with E-state index in [1.807, 2.05) is 6.92 Å². The molecule has 198 valence electrons. The highest BCUT2D eigenvalue weighted by Gasteiger charge is 2.70. The summed E-state index contributed by atoms with van der Waals surface area (Å²) in [5, 5.41) is 42.9. The van der Waals surface area contributed by atoms with Crippen LogP contribution in [0.2, 0.25) is 0 Å². The molecule has 4 saturated carbocycles. The first-order valence-electron chi connectivity index (χ1n) is 14.1. The zero-order valence-electron chi connectivity index (χ0n) is 22.7. The third-order valence-corrected chi connectivity index (χ3v) is 13.5. The highest BCUT2D eigenvalue weighted by molar-refractivity contribution is 5.76. The predicted molar refractivity (Wildman–Crippen MR) is 135 cm³/mol. The molecular weight excluding hydrogens is 440 g/mol. The van der Waals surface area contributed by atoms with Crippen LogP contribution in [0.25, 0.3) is 0 Å². The molecule has 0 radical (unpaired) electrons. The molecule has 0 aromatic rings. The summed E-state index contributed by atoms with van der Waals surface area (Å²) in [6.45, 7) is 13.6. The minimum atomic E-state index is -0.907. The Hall–Kier alpha value is -0.910. The van der Waals surface area contributed by atoms with Crippen molar-refractivity contribution < 1.29 is 25.2 Å². The minimum absolute atomic E-state index is 0.00815. The van der Waals surface area contributed by atoms with Crippen LogP contribution in [0.1, 0.15) is 92.9 Å². The number of aliphatic carboxylic acids is 1. The van der Waals surface area contributed by atoms with E-state index in [9.17, 15) is 25.2 Å². The van der Waals surface area contributed by atoms with Gasteiger partial charge in [-0.1, -0.05) is 53.2 Å². The Morgan fingerprint density at radius 2 is 1.69 bits per heavy atom. The normalized spacial score (nSPS) is 57.7. The summed E-state index contributed by atoms with van der Waals surface area (Å²) < 4.78 is 0. The summed E-state index contributed by atoms with van der Waals surface area (Å²) in [5.74, 6) is 0.828. The molecule has 5 nitrogen and oxygen atoms in total. The fraction of sp³-hybridized carbons (Fsp3) is 0.900. The summed E-state index contributed by atoms with van der Waals surface area (Å²) >= 11 is 0. The number of hydrogen-bond acceptors (Lipinski definition) is 4. The van der Waals surface area contributed by atoms with Gasteiger partial charge >= 0.3 is 5.97 Å². The van der Waals surface area contributed by atoms with Gasteiger partial charge in [-0.3, -0.25) is 4.79 Å². The van der Waals surface area contributed by atoms with Crippen LogP contribution in [0.5, 0.6) is 0 Å². The molecule has 0 spiro atoms. The molecule has 4 N–H and O–H groups in total. The van der Waals surface area contributed by atoms with E-state index in [1.165, 1.54) is 5.57 Å². The molecule has 0 aromatic heterocycles. The zero-order valence-corrected chi connectivity index (χ0v) is 22.7. The molecule has 5 rings (SSSR count). The molecule has 12 atom stereocenters. The second-order valence-electron chi connectivity index (χ2n) is 14.5. The number of hydrogen-bond donors (Lipinski definition) is 4. The smallest absolute Gasteiger partial charge is 0.310 e. The molecule has 35 heavy (non-hydrogen) atoms. The van der Waals surface area contributed by atoms with Gasteiger partial charge in [0.1, 0.15) is 0 Å². The second kappa shape index (κ2) is 7.80. The van der Waals surface area contributed by atoms with Crippen LogP contribution in [0.4, 0.5) is 0 Å². The maximum Gasteiger partial charge on any atom is 0.310 e. The number of aliphatic hydroxyl groups is 3. The number of rotatable bonds is 2. The summed E-state index contributed by atoms with van der Waals surface area (Å²) in [7, 11) is 0. The topological polar surface area (TPSA) is 98.0 Å². The summed E-state index contributed by atoms with van der Waals surface area (Å²) in [4.78, 5) is 12.8. The van der Waals surface area contributed by atoms with Gasteiger partial charge in [-0.25, -0.2) is 0 Å². The van der Waals surface area contributed by atoms with Crippen LogP contribution >= 0.6 is 0 Å². The van der Waals surface area contributed by atoms with Gasteiger partial charge in [0.25, 0.3) is 0 Å². The third kappa shape index (κ3) is 2.95. The molecule has 0 amide bonds. The summed E-state index contributed by atoms with van der Waals surface area (Å²) in [6.07, 6.45) is 7.51. The Morgan fingerprint density at radius 1 is 1.00 bits per heavy atom. The van der Waals surface area contributed by atoms with Gasteiger partial charge in [-0.15, -0.1) is 0 Å². The largest absolute Gasteiger partial charge is 0.481 e. The molecule has 0 aromatic carbocycles. The quantitative estimate of drug-likeness (QED) is 0.409. The van der Waals surface area contributed by atoms with Crippen LogP contribution in [0.15, 0.2) is 11.6 Å². The third-order valence-electron chi connectivity index (χ3n) is 13.5. The molecule has 4 fully saturated rings. The number of fused-ring (bicyclic) bond motifs is 7. The Morgan fingerprint density at radius 3 is 2.31 bits per heavy atom. The Bertz CT molecular complexity index is 930. The van der Waals surface area contributed by atoms with Crippen molar-refractivity contribution in [1.82, 2.24) is 0 Å². The Labute approximate surface area is 211 Å². The molecule has 0 saturated heterocycles. The van der Waals surface area contributed by atoms with Gasteiger partial charge in [0, 0.05) is 5.41 Å². The van der Waals surface area contributed by atoms with Crippen molar-refractivity contribution in [1.29, 1.82) is 0 Å². The van der Waals surface area contributed by atoms with Crippen molar-refractivity contribution in [3.8, 4) is 0 Å². The van der Waals surface area contributed by atoms with E-state index >= 15 is 0 Å². The van der Waals surface area contributed by atoms with Crippen LogP contribution in [-0.2, 0) is 4.79 Å². The van der Waals surface area contributed by atoms with E-state index in [4.69, 9.17) is 0 Å². The first-order chi connectivity index (χ1) is 16.2. The first-order valence-corrected chi connectivity index (χ1v) is 14.1. The van der Waals surface area contributed by atoms with Gasteiger partial charge in [-0.05, 0) is 97.2 Å². The number of aliphatic hydroxyl groups excluding tert-OH is 3. The van der Waals surface area contributed by atoms with E-state index in [-0.39, 0.29) is 34.7 Å². The van der Waals surface area contributed by atoms with E-state index in [2.05, 4.69) is 40.7 Å². The van der Waals surface area contributed by atoms with Gasteiger partial charge < -0.3 is 20.4 Å². The van der Waals surface area contributed by atoms with Gasteiger partial charge in [0.2, 0.25) is 0 Å². The van der Waals surface area contributed by atoms with Crippen molar-refractivity contribution in [2.45, 2.75) is 105 Å². The van der Waals surface area contributed by atoms with Crippen molar-refractivity contribution in [2.75, 3.05) is 6.61 Å². The van der Waals surface area contributed by atoms with E-state index in [0.29, 0.717) is 24.2 Å². The summed E-state index contributed by atoms with van der Waals surface area (Å²) in [6, 6.07) is 0. The maximum absolute atomic E-state index is 12.8. The van der Waals surface area contributed by atoms with Gasteiger partial charge in [0.05, 0.1) is 24.2 Å². The van der Waals surface area contributed by atoms with Crippen LogP contribution < -0.4 is 0 Å². The highest BCUT2D eigenvalue weighted by Crippen LogP contribution is 2.75. The van der Waals surface area contributed by atoms with E-state index in [1.54, 1.807) is 0 Å². The number of carbonyl (C=O) groups is 1.